The molecule has 0 aliphatic rings. The molecule has 0 amide bonds. The van der Waals surface area contributed by atoms with Crippen LogP contribution in [0, 0.1) is 5.92 Å². The average Bonchev–Trinajstić information content (AvgIpc) is 2.35. The van der Waals surface area contributed by atoms with Crippen LogP contribution in [0.1, 0.15) is 56.3 Å². The summed E-state index contributed by atoms with van der Waals surface area (Å²) in [6.07, 6.45) is 5.46. The molecule has 1 atom stereocenters. The summed E-state index contributed by atoms with van der Waals surface area (Å²) < 4.78 is 0. The first kappa shape index (κ1) is 13.0. The molecular weight excluding hydrogens is 196 g/mol. The number of unbranched alkanes of at least 4 members (excludes halogenated alkanes) is 1. The molecule has 1 unspecified atom stereocenters. The van der Waals surface area contributed by atoms with E-state index in [1.54, 1.807) is 0 Å². The Bertz CT molecular complexity index is 302. The van der Waals surface area contributed by atoms with Crippen LogP contribution in [0.4, 0.5) is 0 Å². The van der Waals surface area contributed by atoms with E-state index in [-0.39, 0.29) is 0 Å². The van der Waals surface area contributed by atoms with E-state index in [0.717, 1.165) is 12.0 Å². The quantitative estimate of drug-likeness (QED) is 0.617. The van der Waals surface area contributed by atoms with Gasteiger partial charge in [-0.3, -0.25) is 4.79 Å². The minimum atomic E-state index is 0.295. The fourth-order valence-electron chi connectivity index (χ4n) is 1.95. The lowest BCUT2D eigenvalue weighted by atomic mass is 9.92. The number of carbonyl (C=O) groups excluding carboxylic acids is 1. The van der Waals surface area contributed by atoms with Crippen LogP contribution in [0.2, 0.25) is 0 Å². The fraction of sp³-hybridized carbons (Fsp3) is 0.533. The van der Waals surface area contributed by atoms with Gasteiger partial charge in [0.2, 0.25) is 0 Å². The van der Waals surface area contributed by atoms with Crippen molar-refractivity contribution in [1.82, 2.24) is 0 Å². The van der Waals surface area contributed by atoms with Gasteiger partial charge in [-0.25, -0.2) is 0 Å². The molecule has 0 aliphatic heterocycles. The second-order valence-electron chi connectivity index (χ2n) is 4.41. The monoisotopic (exact) mass is 218 g/mol. The summed E-state index contributed by atoms with van der Waals surface area (Å²) in [6, 6.07) is 9.63. The molecule has 0 aliphatic carbocycles. The predicted octanol–water partition coefficient (Wildman–Crippen LogP) is 4.48. The summed E-state index contributed by atoms with van der Waals surface area (Å²) in [5.74, 6) is 0.858. The van der Waals surface area contributed by atoms with E-state index < -0.39 is 0 Å². The summed E-state index contributed by atoms with van der Waals surface area (Å²) in [5, 5.41) is 0. The van der Waals surface area contributed by atoms with Gasteiger partial charge in [-0.2, -0.15) is 0 Å². The maximum Gasteiger partial charge on any atom is 0.163 e. The SMILES string of the molecule is CCCCC(CC)CC(=O)c1ccccc1. The van der Waals surface area contributed by atoms with E-state index in [1.165, 1.54) is 19.3 Å². The Morgan fingerprint density at radius 1 is 1.19 bits per heavy atom. The van der Waals surface area contributed by atoms with Crippen LogP contribution in [0.3, 0.4) is 0 Å². The molecule has 0 N–H and O–H groups in total. The molecule has 1 aromatic rings. The van der Waals surface area contributed by atoms with Gasteiger partial charge in [0, 0.05) is 12.0 Å². The highest BCUT2D eigenvalue weighted by Gasteiger charge is 2.12. The van der Waals surface area contributed by atoms with Crippen molar-refractivity contribution in [3.8, 4) is 0 Å². The third kappa shape index (κ3) is 4.18. The van der Waals surface area contributed by atoms with Crippen molar-refractivity contribution >= 4 is 5.78 Å². The minimum absolute atomic E-state index is 0.295. The van der Waals surface area contributed by atoms with Crippen LogP contribution in [-0.4, -0.2) is 5.78 Å². The molecule has 0 fully saturated rings. The van der Waals surface area contributed by atoms with Gasteiger partial charge in [0.25, 0.3) is 0 Å². The van der Waals surface area contributed by atoms with Crippen molar-refractivity contribution in [1.29, 1.82) is 0 Å². The molecule has 0 bridgehead atoms. The molecule has 88 valence electrons. The van der Waals surface area contributed by atoms with E-state index >= 15 is 0 Å². The Labute approximate surface area is 98.9 Å². The topological polar surface area (TPSA) is 17.1 Å². The third-order valence-electron chi connectivity index (χ3n) is 3.11. The Balaban J connectivity index is 2.49. The van der Waals surface area contributed by atoms with Crippen molar-refractivity contribution in [3.05, 3.63) is 35.9 Å². The molecule has 0 spiro atoms. The first-order valence-corrected chi connectivity index (χ1v) is 6.36. The summed E-state index contributed by atoms with van der Waals surface area (Å²) in [7, 11) is 0. The lowest BCUT2D eigenvalue weighted by molar-refractivity contribution is 0.0957. The van der Waals surface area contributed by atoms with Gasteiger partial charge in [-0.15, -0.1) is 0 Å². The van der Waals surface area contributed by atoms with E-state index in [1.807, 2.05) is 30.3 Å². The predicted molar refractivity (Wildman–Crippen MR) is 68.7 cm³/mol. The van der Waals surface area contributed by atoms with Gasteiger partial charge in [-0.1, -0.05) is 69.9 Å². The van der Waals surface area contributed by atoms with Crippen LogP contribution >= 0.6 is 0 Å². The minimum Gasteiger partial charge on any atom is -0.294 e. The normalized spacial score (nSPS) is 12.4. The van der Waals surface area contributed by atoms with E-state index in [4.69, 9.17) is 0 Å². The van der Waals surface area contributed by atoms with E-state index in [2.05, 4.69) is 13.8 Å². The van der Waals surface area contributed by atoms with Crippen LogP contribution in [0.5, 0.6) is 0 Å². The first-order chi connectivity index (χ1) is 7.77. The smallest absolute Gasteiger partial charge is 0.163 e. The third-order valence-corrected chi connectivity index (χ3v) is 3.11. The van der Waals surface area contributed by atoms with Gasteiger partial charge in [0.05, 0.1) is 0 Å². The van der Waals surface area contributed by atoms with Gasteiger partial charge >= 0.3 is 0 Å². The molecule has 0 saturated carbocycles. The van der Waals surface area contributed by atoms with Crippen LogP contribution < -0.4 is 0 Å². The van der Waals surface area contributed by atoms with Gasteiger partial charge in [0.1, 0.15) is 0 Å². The number of benzene rings is 1. The van der Waals surface area contributed by atoms with Crippen molar-refractivity contribution in [2.24, 2.45) is 5.92 Å². The second-order valence-corrected chi connectivity index (χ2v) is 4.41. The molecule has 16 heavy (non-hydrogen) atoms. The van der Waals surface area contributed by atoms with E-state index in [9.17, 15) is 4.79 Å². The van der Waals surface area contributed by atoms with Crippen LogP contribution in [-0.2, 0) is 0 Å². The van der Waals surface area contributed by atoms with Crippen LogP contribution in [0.25, 0.3) is 0 Å². The summed E-state index contributed by atoms with van der Waals surface area (Å²) in [4.78, 5) is 12.0. The number of Topliss-reactive ketones (excluding diaryl/α,β-unsaturated/α-hetero) is 1. The second kappa shape index (κ2) is 7.21. The molecule has 1 aromatic carbocycles. The highest BCUT2D eigenvalue weighted by Crippen LogP contribution is 2.19. The molecule has 1 heteroatoms. The highest BCUT2D eigenvalue weighted by atomic mass is 16.1. The van der Waals surface area contributed by atoms with Crippen molar-refractivity contribution in [2.45, 2.75) is 46.0 Å². The molecule has 0 radical (unpaired) electrons. The maximum absolute atomic E-state index is 12.0. The summed E-state index contributed by atoms with van der Waals surface area (Å²) in [5.41, 5.74) is 0.859. The Kier molecular flexibility index (Phi) is 5.84. The number of carbonyl (C=O) groups is 1. The lowest BCUT2D eigenvalue weighted by Crippen LogP contribution is -2.08. The van der Waals surface area contributed by atoms with Gasteiger partial charge < -0.3 is 0 Å². The van der Waals surface area contributed by atoms with Crippen molar-refractivity contribution in [2.75, 3.05) is 0 Å². The lowest BCUT2D eigenvalue weighted by Gasteiger charge is -2.13. The molecule has 0 heterocycles. The zero-order valence-corrected chi connectivity index (χ0v) is 10.4. The number of rotatable bonds is 7. The Hall–Kier alpha value is -1.11. The summed E-state index contributed by atoms with van der Waals surface area (Å²) >= 11 is 0. The van der Waals surface area contributed by atoms with Gasteiger partial charge in [-0.05, 0) is 5.92 Å². The largest absolute Gasteiger partial charge is 0.294 e. The maximum atomic E-state index is 12.0. The van der Waals surface area contributed by atoms with Crippen molar-refractivity contribution < 1.29 is 4.79 Å². The first-order valence-electron chi connectivity index (χ1n) is 6.36. The highest BCUT2D eigenvalue weighted by molar-refractivity contribution is 5.96. The number of hydrogen-bond donors (Lipinski definition) is 0. The fourth-order valence-corrected chi connectivity index (χ4v) is 1.95. The average molecular weight is 218 g/mol. The zero-order chi connectivity index (χ0) is 11.8. The van der Waals surface area contributed by atoms with E-state index in [0.29, 0.717) is 18.1 Å². The molecule has 0 saturated heterocycles. The Morgan fingerprint density at radius 3 is 2.44 bits per heavy atom. The molecule has 1 nitrogen and oxygen atoms in total. The van der Waals surface area contributed by atoms with Crippen LogP contribution in [0.15, 0.2) is 30.3 Å². The van der Waals surface area contributed by atoms with Crippen molar-refractivity contribution in [3.63, 3.8) is 0 Å². The molecule has 1 rings (SSSR count). The summed E-state index contributed by atoms with van der Waals surface area (Å²) in [6.45, 7) is 4.38. The Morgan fingerprint density at radius 2 is 1.88 bits per heavy atom. The zero-order valence-electron chi connectivity index (χ0n) is 10.4. The number of hydrogen-bond acceptors (Lipinski definition) is 1. The standard InChI is InChI=1S/C15H22O/c1-3-5-9-13(4-2)12-15(16)14-10-7-6-8-11-14/h6-8,10-11,13H,3-5,9,12H2,1-2H3. The molecular formula is C15H22O. The van der Waals surface area contributed by atoms with Gasteiger partial charge in [0.15, 0.2) is 5.78 Å². The molecule has 0 aromatic heterocycles. The number of ketones is 1.